The summed E-state index contributed by atoms with van der Waals surface area (Å²) < 4.78 is 4.99. The molecule has 0 aliphatic carbocycles. The molecule has 2 amide bonds. The number of amides is 2. The summed E-state index contributed by atoms with van der Waals surface area (Å²) in [6, 6.07) is 10.6. The van der Waals surface area contributed by atoms with Gasteiger partial charge >= 0.3 is 0 Å². The Hall–Kier alpha value is -2.67. The standard InChI is InChI=1S/C17H20N4O3/c1-11-9-14(20-24-11)19-17(23)15(12-5-3-2-4-6-12)21-8-7-13(10-21)16(18)22/h2-6,9,13,15H,7-8,10H2,1H3,(H2,18,22)(H,19,20,23)/t13-,15-/m0/s1. The van der Waals surface area contributed by atoms with Crippen LogP contribution < -0.4 is 11.1 Å². The lowest BCUT2D eigenvalue weighted by Crippen LogP contribution is -2.37. The van der Waals surface area contributed by atoms with E-state index in [0.717, 1.165) is 5.56 Å². The van der Waals surface area contributed by atoms with Crippen molar-refractivity contribution in [2.45, 2.75) is 19.4 Å². The number of hydrogen-bond donors (Lipinski definition) is 2. The largest absolute Gasteiger partial charge is 0.369 e. The molecule has 126 valence electrons. The number of aryl methyl sites for hydroxylation is 1. The lowest BCUT2D eigenvalue weighted by molar-refractivity contribution is -0.123. The molecule has 1 aliphatic rings. The van der Waals surface area contributed by atoms with Gasteiger partial charge in [-0.15, -0.1) is 0 Å². The fourth-order valence-corrected chi connectivity index (χ4v) is 3.04. The van der Waals surface area contributed by atoms with Crippen molar-refractivity contribution in [2.24, 2.45) is 11.7 Å². The number of likely N-dealkylation sites (tertiary alicyclic amines) is 1. The van der Waals surface area contributed by atoms with Gasteiger partial charge in [0.2, 0.25) is 11.8 Å². The van der Waals surface area contributed by atoms with Gasteiger partial charge in [-0.1, -0.05) is 35.5 Å². The molecule has 0 bridgehead atoms. The maximum absolute atomic E-state index is 12.8. The van der Waals surface area contributed by atoms with Gasteiger partial charge in [-0.2, -0.15) is 0 Å². The van der Waals surface area contributed by atoms with Crippen molar-refractivity contribution in [3.05, 3.63) is 47.7 Å². The molecule has 0 spiro atoms. The highest BCUT2D eigenvalue weighted by molar-refractivity contribution is 5.95. The summed E-state index contributed by atoms with van der Waals surface area (Å²) in [6.45, 7) is 2.87. The van der Waals surface area contributed by atoms with Gasteiger partial charge in [0.15, 0.2) is 5.82 Å². The number of nitrogens with two attached hydrogens (primary N) is 1. The Kier molecular flexibility index (Phi) is 4.61. The van der Waals surface area contributed by atoms with Gasteiger partial charge in [0.25, 0.3) is 0 Å². The summed E-state index contributed by atoms with van der Waals surface area (Å²) in [6.07, 6.45) is 0.662. The number of primary amides is 1. The smallest absolute Gasteiger partial charge is 0.247 e. The van der Waals surface area contributed by atoms with E-state index in [1.165, 1.54) is 0 Å². The van der Waals surface area contributed by atoms with Crippen molar-refractivity contribution in [2.75, 3.05) is 18.4 Å². The van der Waals surface area contributed by atoms with Gasteiger partial charge in [0, 0.05) is 19.2 Å². The molecule has 1 aromatic carbocycles. The van der Waals surface area contributed by atoms with Crippen LogP contribution in [0.25, 0.3) is 0 Å². The summed E-state index contributed by atoms with van der Waals surface area (Å²) in [5, 5.41) is 6.58. The molecule has 1 aromatic heterocycles. The third-order valence-corrected chi connectivity index (χ3v) is 4.23. The minimum Gasteiger partial charge on any atom is -0.369 e. The second kappa shape index (κ2) is 6.84. The molecule has 1 aliphatic heterocycles. The van der Waals surface area contributed by atoms with Crippen LogP contribution >= 0.6 is 0 Å². The predicted octanol–water partition coefficient (Wildman–Crippen LogP) is 1.47. The van der Waals surface area contributed by atoms with Crippen LogP contribution in [0.4, 0.5) is 5.82 Å². The molecule has 1 fully saturated rings. The van der Waals surface area contributed by atoms with Gasteiger partial charge < -0.3 is 15.6 Å². The number of carbonyl (C=O) groups is 2. The molecule has 2 aromatic rings. The number of nitrogens with zero attached hydrogens (tertiary/aromatic N) is 2. The third-order valence-electron chi connectivity index (χ3n) is 4.23. The quantitative estimate of drug-likeness (QED) is 0.865. The van der Waals surface area contributed by atoms with Crippen LogP contribution in [0.3, 0.4) is 0 Å². The van der Waals surface area contributed by atoms with E-state index in [4.69, 9.17) is 10.3 Å². The minimum absolute atomic E-state index is 0.209. The van der Waals surface area contributed by atoms with Crippen LogP contribution in [-0.2, 0) is 9.59 Å². The number of carbonyl (C=O) groups excluding carboxylic acids is 2. The first kappa shape index (κ1) is 16.2. The minimum atomic E-state index is -0.507. The Bertz CT molecular complexity index is 728. The molecule has 0 saturated carbocycles. The summed E-state index contributed by atoms with van der Waals surface area (Å²) in [5.74, 6) is 0.246. The first-order valence-electron chi connectivity index (χ1n) is 7.87. The highest BCUT2D eigenvalue weighted by atomic mass is 16.5. The van der Waals surface area contributed by atoms with Crippen molar-refractivity contribution in [1.82, 2.24) is 10.1 Å². The zero-order chi connectivity index (χ0) is 17.1. The second-order valence-corrected chi connectivity index (χ2v) is 6.01. The molecule has 7 heteroatoms. The Labute approximate surface area is 139 Å². The second-order valence-electron chi connectivity index (χ2n) is 6.01. The van der Waals surface area contributed by atoms with Crippen molar-refractivity contribution in [3.8, 4) is 0 Å². The molecule has 7 nitrogen and oxygen atoms in total. The fourth-order valence-electron chi connectivity index (χ4n) is 3.04. The van der Waals surface area contributed by atoms with E-state index >= 15 is 0 Å². The SMILES string of the molecule is Cc1cc(NC(=O)[C@H](c2ccccc2)N2CC[C@H](C(N)=O)C2)no1. The number of nitrogens with one attached hydrogen (secondary N) is 1. The summed E-state index contributed by atoms with van der Waals surface area (Å²) >= 11 is 0. The Morgan fingerprint density at radius 1 is 1.38 bits per heavy atom. The van der Waals surface area contributed by atoms with Gasteiger partial charge in [0.05, 0.1) is 5.92 Å². The van der Waals surface area contributed by atoms with Gasteiger partial charge in [-0.3, -0.25) is 14.5 Å². The molecule has 2 heterocycles. The summed E-state index contributed by atoms with van der Waals surface area (Å²) in [7, 11) is 0. The molecule has 0 unspecified atom stereocenters. The first-order chi connectivity index (χ1) is 11.5. The lowest BCUT2D eigenvalue weighted by atomic mass is 10.0. The molecule has 24 heavy (non-hydrogen) atoms. The summed E-state index contributed by atoms with van der Waals surface area (Å²) in [5.41, 5.74) is 6.27. The molecule has 3 N–H and O–H groups in total. The molecule has 2 atom stereocenters. The third kappa shape index (κ3) is 3.46. The number of aromatic nitrogens is 1. The van der Waals surface area contributed by atoms with E-state index < -0.39 is 6.04 Å². The van der Waals surface area contributed by atoms with Crippen LogP contribution in [0, 0.1) is 12.8 Å². The Balaban J connectivity index is 1.82. The van der Waals surface area contributed by atoms with Crippen molar-refractivity contribution in [1.29, 1.82) is 0 Å². The van der Waals surface area contributed by atoms with Crippen LogP contribution in [0.5, 0.6) is 0 Å². The van der Waals surface area contributed by atoms with E-state index in [9.17, 15) is 9.59 Å². The average Bonchev–Trinajstić information content (AvgIpc) is 3.18. The summed E-state index contributed by atoms with van der Waals surface area (Å²) in [4.78, 5) is 26.3. The number of anilines is 1. The molecular formula is C17H20N4O3. The van der Waals surface area contributed by atoms with Gasteiger partial charge in [-0.25, -0.2) is 0 Å². The number of rotatable bonds is 5. The zero-order valence-electron chi connectivity index (χ0n) is 13.4. The first-order valence-corrected chi connectivity index (χ1v) is 7.87. The molecule has 3 rings (SSSR count). The van der Waals surface area contributed by atoms with Crippen molar-refractivity contribution >= 4 is 17.6 Å². The zero-order valence-corrected chi connectivity index (χ0v) is 13.4. The Morgan fingerprint density at radius 3 is 2.71 bits per heavy atom. The maximum Gasteiger partial charge on any atom is 0.247 e. The van der Waals surface area contributed by atoms with Crippen LogP contribution in [0.2, 0.25) is 0 Å². The molecule has 1 saturated heterocycles. The fraction of sp³-hybridized carbons (Fsp3) is 0.353. The van der Waals surface area contributed by atoms with Crippen LogP contribution in [0.1, 0.15) is 23.8 Å². The predicted molar refractivity (Wildman–Crippen MR) is 87.9 cm³/mol. The molecule has 0 radical (unpaired) electrons. The van der Waals surface area contributed by atoms with Gasteiger partial charge in [-0.05, 0) is 18.9 Å². The maximum atomic E-state index is 12.8. The highest BCUT2D eigenvalue weighted by Gasteiger charge is 2.35. The lowest BCUT2D eigenvalue weighted by Gasteiger charge is -2.26. The van der Waals surface area contributed by atoms with E-state index in [-0.39, 0.29) is 17.7 Å². The van der Waals surface area contributed by atoms with Crippen LogP contribution in [0.15, 0.2) is 40.9 Å². The highest BCUT2D eigenvalue weighted by Crippen LogP contribution is 2.29. The average molecular weight is 328 g/mol. The van der Waals surface area contributed by atoms with E-state index in [1.807, 2.05) is 35.2 Å². The van der Waals surface area contributed by atoms with E-state index in [0.29, 0.717) is 31.1 Å². The van der Waals surface area contributed by atoms with Gasteiger partial charge in [0.1, 0.15) is 11.8 Å². The Morgan fingerprint density at radius 2 is 2.12 bits per heavy atom. The van der Waals surface area contributed by atoms with Crippen molar-refractivity contribution < 1.29 is 14.1 Å². The van der Waals surface area contributed by atoms with Crippen LogP contribution in [-0.4, -0.2) is 35.0 Å². The number of hydrogen-bond acceptors (Lipinski definition) is 5. The van der Waals surface area contributed by atoms with E-state index in [2.05, 4.69) is 10.5 Å². The van der Waals surface area contributed by atoms with E-state index in [1.54, 1.807) is 13.0 Å². The molecular weight excluding hydrogens is 308 g/mol. The normalized spacial score (nSPS) is 19.1. The van der Waals surface area contributed by atoms with Crippen molar-refractivity contribution in [3.63, 3.8) is 0 Å². The number of benzene rings is 1. The monoisotopic (exact) mass is 328 g/mol. The topological polar surface area (TPSA) is 101 Å².